The molecular weight excluding hydrogens is 382 g/mol. The summed E-state index contributed by atoms with van der Waals surface area (Å²) < 4.78 is 0.712. The van der Waals surface area contributed by atoms with Crippen molar-refractivity contribution in [1.82, 2.24) is 9.97 Å². The molecule has 0 amide bonds. The van der Waals surface area contributed by atoms with Crippen LogP contribution in [0.5, 0.6) is 0 Å². The van der Waals surface area contributed by atoms with Crippen molar-refractivity contribution in [3.63, 3.8) is 0 Å². The molecule has 5 heteroatoms. The lowest BCUT2D eigenvalue weighted by atomic mass is 9.95. The Balaban J connectivity index is 2.11. The van der Waals surface area contributed by atoms with Crippen LogP contribution >= 0.6 is 45.8 Å². The molecule has 0 radical (unpaired) electrons. The molecule has 0 atom stereocenters. The van der Waals surface area contributed by atoms with Gasteiger partial charge >= 0.3 is 0 Å². The van der Waals surface area contributed by atoms with Crippen molar-refractivity contribution in [2.24, 2.45) is 0 Å². The van der Waals surface area contributed by atoms with Crippen molar-refractivity contribution >= 4 is 45.8 Å². The van der Waals surface area contributed by atoms with Crippen LogP contribution in [-0.4, -0.2) is 9.97 Å². The fraction of sp³-hybridized carbons (Fsp3) is 0.231. The van der Waals surface area contributed by atoms with E-state index in [1.54, 1.807) is 0 Å². The van der Waals surface area contributed by atoms with E-state index in [0.29, 0.717) is 13.9 Å². The Kier molecular flexibility index (Phi) is 3.24. The minimum atomic E-state index is -0.0844. The second kappa shape index (κ2) is 4.62. The Hall–Kier alpha value is -0.390. The summed E-state index contributed by atoms with van der Waals surface area (Å²) in [5.74, 6) is 0.740. The fourth-order valence-corrected chi connectivity index (χ4v) is 2.76. The molecule has 1 heterocycles. The third-order valence-corrected chi connectivity index (χ3v) is 5.48. The molecule has 18 heavy (non-hydrogen) atoms. The molecule has 1 aliphatic carbocycles. The SMILES string of the molecule is Clc1nc(C2(c3ccccc3)CC2)nc(Cl)c1I. The molecule has 2 aromatic rings. The first kappa shape index (κ1) is 12.6. The topological polar surface area (TPSA) is 25.8 Å². The smallest absolute Gasteiger partial charge is 0.147 e. The summed E-state index contributed by atoms with van der Waals surface area (Å²) in [6, 6.07) is 10.3. The lowest BCUT2D eigenvalue weighted by Crippen LogP contribution is -2.14. The minimum absolute atomic E-state index is 0.0844. The Morgan fingerprint density at radius 1 is 1.00 bits per heavy atom. The van der Waals surface area contributed by atoms with Crippen LogP contribution in [0.3, 0.4) is 0 Å². The molecule has 0 saturated heterocycles. The molecule has 3 rings (SSSR count). The van der Waals surface area contributed by atoms with Gasteiger partial charge in [-0.15, -0.1) is 0 Å². The van der Waals surface area contributed by atoms with Gasteiger partial charge in [0.15, 0.2) is 0 Å². The standard InChI is InChI=1S/C13H9Cl2IN2/c14-10-9(16)11(15)18-12(17-10)13(6-7-13)8-4-2-1-3-5-8/h1-5H,6-7H2. The highest BCUT2D eigenvalue weighted by atomic mass is 127. The molecule has 0 aliphatic heterocycles. The molecule has 0 bridgehead atoms. The van der Waals surface area contributed by atoms with Gasteiger partial charge in [-0.25, -0.2) is 9.97 Å². The highest BCUT2D eigenvalue weighted by Gasteiger charge is 2.49. The second-order valence-electron chi connectivity index (χ2n) is 4.39. The third-order valence-electron chi connectivity index (χ3n) is 3.27. The summed E-state index contributed by atoms with van der Waals surface area (Å²) in [6.45, 7) is 0. The summed E-state index contributed by atoms with van der Waals surface area (Å²) in [4.78, 5) is 8.81. The summed E-state index contributed by atoms with van der Waals surface area (Å²) in [5, 5.41) is 0.876. The van der Waals surface area contributed by atoms with Gasteiger partial charge in [-0.1, -0.05) is 53.5 Å². The average Bonchev–Trinajstić information content (AvgIpc) is 3.18. The van der Waals surface area contributed by atoms with Gasteiger partial charge in [-0.05, 0) is 41.0 Å². The third kappa shape index (κ3) is 2.02. The van der Waals surface area contributed by atoms with E-state index in [4.69, 9.17) is 23.2 Å². The first-order valence-electron chi connectivity index (χ1n) is 5.58. The van der Waals surface area contributed by atoms with Gasteiger partial charge in [-0.3, -0.25) is 0 Å². The zero-order valence-corrected chi connectivity index (χ0v) is 13.0. The van der Waals surface area contributed by atoms with Crippen LogP contribution in [0.15, 0.2) is 30.3 Å². The van der Waals surface area contributed by atoms with E-state index in [2.05, 4.69) is 44.7 Å². The molecule has 2 nitrogen and oxygen atoms in total. The first-order valence-corrected chi connectivity index (χ1v) is 7.41. The maximum Gasteiger partial charge on any atom is 0.147 e. The molecule has 0 spiro atoms. The predicted octanol–water partition coefficient (Wildman–Crippen LogP) is 4.47. The monoisotopic (exact) mass is 390 g/mol. The quantitative estimate of drug-likeness (QED) is 0.558. The first-order chi connectivity index (χ1) is 8.63. The van der Waals surface area contributed by atoms with Crippen LogP contribution in [0.4, 0.5) is 0 Å². The van der Waals surface area contributed by atoms with Gasteiger partial charge < -0.3 is 0 Å². The fourth-order valence-electron chi connectivity index (χ4n) is 2.13. The van der Waals surface area contributed by atoms with Crippen LogP contribution in [0, 0.1) is 3.57 Å². The molecular formula is C13H9Cl2IN2. The van der Waals surface area contributed by atoms with Gasteiger partial charge in [0, 0.05) is 0 Å². The predicted molar refractivity (Wildman–Crippen MR) is 81.2 cm³/mol. The van der Waals surface area contributed by atoms with Crippen LogP contribution < -0.4 is 0 Å². The Morgan fingerprint density at radius 2 is 1.56 bits per heavy atom. The number of aromatic nitrogens is 2. The van der Waals surface area contributed by atoms with E-state index in [0.717, 1.165) is 18.7 Å². The normalized spacial score (nSPS) is 16.6. The number of rotatable bonds is 2. The lowest BCUT2D eigenvalue weighted by molar-refractivity contribution is 0.753. The van der Waals surface area contributed by atoms with Gasteiger partial charge in [0.05, 0.1) is 8.99 Å². The minimum Gasteiger partial charge on any atom is -0.219 e. The maximum atomic E-state index is 6.10. The van der Waals surface area contributed by atoms with E-state index in [-0.39, 0.29) is 5.41 Å². The molecule has 1 fully saturated rings. The summed E-state index contributed by atoms with van der Waals surface area (Å²) >= 11 is 14.3. The zero-order valence-electron chi connectivity index (χ0n) is 9.33. The van der Waals surface area contributed by atoms with Gasteiger partial charge in [0.1, 0.15) is 16.1 Å². The van der Waals surface area contributed by atoms with Crippen LogP contribution in [0.25, 0.3) is 0 Å². The molecule has 1 aromatic heterocycles. The summed E-state index contributed by atoms with van der Waals surface area (Å²) in [7, 11) is 0. The van der Waals surface area contributed by atoms with E-state index in [1.807, 2.05) is 18.2 Å². The second-order valence-corrected chi connectivity index (χ2v) is 6.19. The lowest BCUT2D eigenvalue weighted by Gasteiger charge is -2.15. The molecule has 92 valence electrons. The van der Waals surface area contributed by atoms with E-state index < -0.39 is 0 Å². The Bertz CT molecular complexity index is 574. The van der Waals surface area contributed by atoms with Crippen LogP contribution in [0.1, 0.15) is 24.2 Å². The Labute approximate surface area is 129 Å². The zero-order chi connectivity index (χ0) is 12.8. The largest absolute Gasteiger partial charge is 0.219 e. The number of halogens is 3. The van der Waals surface area contributed by atoms with E-state index in [9.17, 15) is 0 Å². The van der Waals surface area contributed by atoms with Gasteiger partial charge in [0.2, 0.25) is 0 Å². The van der Waals surface area contributed by atoms with Crippen LogP contribution in [-0.2, 0) is 5.41 Å². The van der Waals surface area contributed by atoms with Crippen molar-refractivity contribution in [2.45, 2.75) is 18.3 Å². The molecule has 1 saturated carbocycles. The highest BCUT2D eigenvalue weighted by molar-refractivity contribution is 14.1. The van der Waals surface area contributed by atoms with E-state index >= 15 is 0 Å². The highest BCUT2D eigenvalue weighted by Crippen LogP contribution is 2.52. The average molecular weight is 391 g/mol. The number of nitrogens with zero attached hydrogens (tertiary/aromatic N) is 2. The number of benzene rings is 1. The maximum absolute atomic E-state index is 6.10. The van der Waals surface area contributed by atoms with Crippen molar-refractivity contribution in [1.29, 1.82) is 0 Å². The summed E-state index contributed by atoms with van der Waals surface area (Å²) in [6.07, 6.45) is 2.09. The number of hydrogen-bond acceptors (Lipinski definition) is 2. The van der Waals surface area contributed by atoms with Crippen molar-refractivity contribution in [2.75, 3.05) is 0 Å². The Morgan fingerprint density at radius 3 is 2.06 bits per heavy atom. The molecule has 1 aromatic carbocycles. The summed E-state index contributed by atoms with van der Waals surface area (Å²) in [5.41, 5.74) is 1.15. The van der Waals surface area contributed by atoms with Crippen molar-refractivity contribution < 1.29 is 0 Å². The van der Waals surface area contributed by atoms with E-state index in [1.165, 1.54) is 5.56 Å². The van der Waals surface area contributed by atoms with Crippen molar-refractivity contribution in [3.8, 4) is 0 Å². The molecule has 1 aliphatic rings. The van der Waals surface area contributed by atoms with Gasteiger partial charge in [0.25, 0.3) is 0 Å². The molecule has 0 unspecified atom stereocenters. The van der Waals surface area contributed by atoms with Crippen molar-refractivity contribution in [3.05, 3.63) is 55.6 Å². The molecule has 0 N–H and O–H groups in total. The number of hydrogen-bond donors (Lipinski definition) is 0. The van der Waals surface area contributed by atoms with Crippen LogP contribution in [0.2, 0.25) is 10.3 Å². The van der Waals surface area contributed by atoms with Gasteiger partial charge in [-0.2, -0.15) is 0 Å².